The second-order valence-electron chi connectivity index (χ2n) is 8.47. The molecule has 6 atom stereocenters. The van der Waals surface area contributed by atoms with E-state index < -0.39 is 5.60 Å². The number of cyclic esters (lactones) is 1. The molecular weight excluding hydrogens is 368 g/mol. The Hall–Kier alpha value is -0.610. The normalized spacial score (nSPS) is 47.6. The molecule has 3 nitrogen and oxygen atoms in total. The van der Waals surface area contributed by atoms with Crippen LogP contribution in [-0.4, -0.2) is 28.1 Å². The molecule has 3 rings (SSSR count). The Morgan fingerprint density at radius 3 is 2.75 bits per heavy atom. The van der Waals surface area contributed by atoms with Crippen molar-refractivity contribution >= 4 is 21.9 Å². The van der Waals surface area contributed by atoms with Crippen LogP contribution < -0.4 is 0 Å². The van der Waals surface area contributed by atoms with Gasteiger partial charge in [0.1, 0.15) is 6.61 Å². The summed E-state index contributed by atoms with van der Waals surface area (Å²) in [7, 11) is 0. The first-order valence-electron chi connectivity index (χ1n) is 9.08. The van der Waals surface area contributed by atoms with E-state index in [2.05, 4.69) is 42.4 Å². The fourth-order valence-electron chi connectivity index (χ4n) is 5.28. The van der Waals surface area contributed by atoms with E-state index in [1.807, 2.05) is 6.92 Å². The van der Waals surface area contributed by atoms with E-state index in [0.29, 0.717) is 24.4 Å². The van der Waals surface area contributed by atoms with Crippen molar-refractivity contribution in [1.82, 2.24) is 0 Å². The van der Waals surface area contributed by atoms with Gasteiger partial charge in [0.2, 0.25) is 0 Å². The Labute approximate surface area is 153 Å². The molecule has 0 radical (unpaired) electrons. The molecule has 3 fully saturated rings. The minimum atomic E-state index is -0.567. The van der Waals surface area contributed by atoms with E-state index in [9.17, 15) is 9.90 Å². The molecule has 24 heavy (non-hydrogen) atoms. The Morgan fingerprint density at radius 1 is 1.42 bits per heavy atom. The molecule has 0 aromatic heterocycles. The number of hydrogen-bond acceptors (Lipinski definition) is 3. The van der Waals surface area contributed by atoms with Gasteiger partial charge in [0.15, 0.2) is 0 Å². The summed E-state index contributed by atoms with van der Waals surface area (Å²) in [4.78, 5) is 11.9. The third-order valence-corrected chi connectivity index (χ3v) is 7.93. The van der Waals surface area contributed by atoms with Crippen LogP contribution in [0.3, 0.4) is 0 Å². The van der Waals surface area contributed by atoms with Crippen LogP contribution in [0.15, 0.2) is 23.8 Å². The highest BCUT2D eigenvalue weighted by Gasteiger charge is 2.54. The molecule has 0 spiro atoms. The topological polar surface area (TPSA) is 46.5 Å². The van der Waals surface area contributed by atoms with Crippen molar-refractivity contribution in [3.63, 3.8) is 0 Å². The van der Waals surface area contributed by atoms with Crippen molar-refractivity contribution in [3.05, 3.63) is 23.8 Å². The standard InChI is InChI=1S/C20H29BrO3/c1-12-5-7-16-13(2)20(4,23)10-9-19(16,3)15(12)8-6-14-17(21)11-24-18(14)22/h6,13,15-17,23H,1,5,7-11H2,2-4H3/b14-6+/t13-,15-,16-,17?,19+,20-/m1/s1. The highest BCUT2D eigenvalue weighted by atomic mass is 79.9. The zero-order chi connectivity index (χ0) is 17.7. The van der Waals surface area contributed by atoms with Gasteiger partial charge in [0.05, 0.1) is 16.0 Å². The van der Waals surface area contributed by atoms with E-state index >= 15 is 0 Å². The number of fused-ring (bicyclic) bond motifs is 1. The molecule has 1 N–H and O–H groups in total. The average molecular weight is 397 g/mol. The quantitative estimate of drug-likeness (QED) is 0.325. The lowest BCUT2D eigenvalue weighted by molar-refractivity contribution is -0.135. The third-order valence-electron chi connectivity index (χ3n) is 7.17. The van der Waals surface area contributed by atoms with Gasteiger partial charge >= 0.3 is 5.97 Å². The molecule has 4 heteroatoms. The minimum absolute atomic E-state index is 0.0106. The smallest absolute Gasteiger partial charge is 0.335 e. The number of carbonyl (C=O) groups is 1. The second kappa shape index (κ2) is 6.28. The Balaban J connectivity index is 1.85. The predicted octanol–water partition coefficient (Wildman–Crippen LogP) is 4.39. The molecule has 1 aliphatic heterocycles. The lowest BCUT2D eigenvalue weighted by atomic mass is 9.48. The van der Waals surface area contributed by atoms with Crippen LogP contribution in [0.4, 0.5) is 0 Å². The molecule has 3 aliphatic rings. The minimum Gasteiger partial charge on any atom is -0.461 e. The molecule has 1 unspecified atom stereocenters. The molecule has 0 amide bonds. The summed E-state index contributed by atoms with van der Waals surface area (Å²) in [5, 5.41) is 10.7. The van der Waals surface area contributed by atoms with Crippen LogP contribution in [0, 0.1) is 23.2 Å². The van der Waals surface area contributed by atoms with Gasteiger partial charge in [-0.1, -0.05) is 48.0 Å². The zero-order valence-corrected chi connectivity index (χ0v) is 16.6. The lowest BCUT2D eigenvalue weighted by Gasteiger charge is -2.58. The van der Waals surface area contributed by atoms with Gasteiger partial charge < -0.3 is 9.84 Å². The van der Waals surface area contributed by atoms with Gasteiger partial charge in [0, 0.05) is 0 Å². The van der Waals surface area contributed by atoms with Crippen LogP contribution in [-0.2, 0) is 9.53 Å². The van der Waals surface area contributed by atoms with Gasteiger partial charge in [-0.2, -0.15) is 0 Å². The number of aliphatic hydroxyl groups is 1. The maximum atomic E-state index is 11.9. The van der Waals surface area contributed by atoms with Gasteiger partial charge in [-0.15, -0.1) is 0 Å². The Kier molecular flexibility index (Phi) is 4.76. The summed E-state index contributed by atoms with van der Waals surface area (Å²) < 4.78 is 5.11. The van der Waals surface area contributed by atoms with Gasteiger partial charge in [-0.3, -0.25) is 0 Å². The summed E-state index contributed by atoms with van der Waals surface area (Å²) in [6.07, 6.45) is 6.90. The Morgan fingerprint density at radius 2 is 2.12 bits per heavy atom. The summed E-state index contributed by atoms with van der Waals surface area (Å²) in [6.45, 7) is 11.3. The monoisotopic (exact) mass is 396 g/mol. The van der Waals surface area contributed by atoms with Crippen molar-refractivity contribution in [3.8, 4) is 0 Å². The highest BCUT2D eigenvalue weighted by molar-refractivity contribution is 9.09. The molecular formula is C20H29BrO3. The van der Waals surface area contributed by atoms with E-state index in [-0.39, 0.29) is 16.2 Å². The van der Waals surface area contributed by atoms with E-state index in [1.54, 1.807) is 0 Å². The summed E-state index contributed by atoms with van der Waals surface area (Å²) in [5.41, 5.74) is 1.64. The molecule has 0 aromatic carbocycles. The van der Waals surface area contributed by atoms with Crippen LogP contribution in [0.25, 0.3) is 0 Å². The third kappa shape index (κ3) is 2.90. The number of esters is 1. The molecule has 1 heterocycles. The van der Waals surface area contributed by atoms with Gasteiger partial charge in [0.25, 0.3) is 0 Å². The SMILES string of the molecule is C=C1CC[C@@H]2[C@@H](C)[C@](C)(O)CC[C@@]2(C)[C@@H]1C/C=C1/C(=O)OCC1Br. The summed E-state index contributed by atoms with van der Waals surface area (Å²) in [5.74, 6) is 0.973. The van der Waals surface area contributed by atoms with Crippen LogP contribution >= 0.6 is 15.9 Å². The van der Waals surface area contributed by atoms with E-state index in [0.717, 1.165) is 37.7 Å². The van der Waals surface area contributed by atoms with Crippen LogP contribution in [0.2, 0.25) is 0 Å². The van der Waals surface area contributed by atoms with Gasteiger partial charge in [-0.25, -0.2) is 4.79 Å². The second-order valence-corrected chi connectivity index (χ2v) is 9.57. The number of ether oxygens (including phenoxy) is 1. The number of hydrogen-bond donors (Lipinski definition) is 1. The first-order chi connectivity index (χ1) is 11.2. The zero-order valence-electron chi connectivity index (χ0n) is 15.0. The molecule has 0 aromatic rings. The summed E-state index contributed by atoms with van der Waals surface area (Å²) >= 11 is 3.52. The molecule has 2 aliphatic carbocycles. The molecule has 1 saturated heterocycles. The fraction of sp³-hybridized carbons (Fsp3) is 0.750. The molecule has 0 bridgehead atoms. The lowest BCUT2D eigenvalue weighted by Crippen LogP contribution is -2.54. The molecule has 134 valence electrons. The first kappa shape index (κ1) is 18.2. The maximum absolute atomic E-state index is 11.9. The fourth-order valence-corrected chi connectivity index (χ4v) is 5.78. The molecule has 2 saturated carbocycles. The van der Waals surface area contributed by atoms with Crippen molar-refractivity contribution in [2.75, 3.05) is 6.61 Å². The van der Waals surface area contributed by atoms with Crippen LogP contribution in [0.1, 0.15) is 52.9 Å². The number of rotatable bonds is 2. The maximum Gasteiger partial charge on any atom is 0.335 e. The van der Waals surface area contributed by atoms with Crippen molar-refractivity contribution in [1.29, 1.82) is 0 Å². The highest BCUT2D eigenvalue weighted by Crippen LogP contribution is 2.59. The van der Waals surface area contributed by atoms with Crippen molar-refractivity contribution < 1.29 is 14.6 Å². The number of halogens is 1. The van der Waals surface area contributed by atoms with Crippen LogP contribution in [0.5, 0.6) is 0 Å². The van der Waals surface area contributed by atoms with Crippen molar-refractivity contribution in [2.45, 2.75) is 63.3 Å². The number of alkyl halides is 1. The van der Waals surface area contributed by atoms with E-state index in [1.165, 1.54) is 5.57 Å². The predicted molar refractivity (Wildman–Crippen MR) is 98.9 cm³/mol. The van der Waals surface area contributed by atoms with Crippen molar-refractivity contribution in [2.24, 2.45) is 23.2 Å². The first-order valence-corrected chi connectivity index (χ1v) is 9.99. The van der Waals surface area contributed by atoms with Gasteiger partial charge in [-0.05, 0) is 62.2 Å². The Bertz CT molecular complexity index is 579. The van der Waals surface area contributed by atoms with E-state index in [4.69, 9.17) is 4.74 Å². The number of carbonyl (C=O) groups excluding carboxylic acids is 1. The summed E-state index contributed by atoms with van der Waals surface area (Å²) in [6, 6.07) is 0. The average Bonchev–Trinajstić information content (AvgIpc) is 2.83. The largest absolute Gasteiger partial charge is 0.461 e. The number of allylic oxidation sites excluding steroid dienone is 2.